The number of aromatic nitrogens is 2. The van der Waals surface area contributed by atoms with Crippen molar-refractivity contribution >= 4 is 33.6 Å². The molecule has 2 rings (SSSR count). The largest absolute Gasteiger partial charge is 0.341 e. The zero-order valence-corrected chi connectivity index (χ0v) is 9.37. The molecule has 0 saturated heterocycles. The molecule has 0 spiro atoms. The van der Waals surface area contributed by atoms with E-state index in [0.29, 0.717) is 0 Å². The zero-order valence-electron chi connectivity index (χ0n) is 7.21. The minimum atomic E-state index is -0.0370. The molecule has 0 fully saturated rings. The smallest absolute Gasteiger partial charge is 0.123 e. The molecule has 4 heteroatoms. The van der Waals surface area contributed by atoms with Crippen LogP contribution >= 0.6 is 22.6 Å². The Labute approximate surface area is 89.9 Å². The Morgan fingerprint density at radius 2 is 2.31 bits per heavy atom. The maximum absolute atomic E-state index is 5.72. The van der Waals surface area contributed by atoms with Gasteiger partial charge in [0, 0.05) is 3.57 Å². The average Bonchev–Trinajstić information content (AvgIpc) is 2.46. The molecule has 0 bridgehead atoms. The summed E-state index contributed by atoms with van der Waals surface area (Å²) in [5.74, 6) is 0.844. The Morgan fingerprint density at radius 3 is 3.00 bits per heavy atom. The van der Waals surface area contributed by atoms with E-state index in [-0.39, 0.29) is 6.04 Å². The Kier molecular flexibility index (Phi) is 2.25. The summed E-state index contributed by atoms with van der Waals surface area (Å²) in [6.07, 6.45) is 0. The van der Waals surface area contributed by atoms with Crippen LogP contribution in [0.15, 0.2) is 18.2 Å². The Hall–Kier alpha value is -0.620. The second-order valence-electron chi connectivity index (χ2n) is 3.07. The van der Waals surface area contributed by atoms with Gasteiger partial charge in [-0.2, -0.15) is 0 Å². The summed E-state index contributed by atoms with van der Waals surface area (Å²) in [4.78, 5) is 7.56. The number of nitrogens with one attached hydrogen (secondary N) is 1. The highest BCUT2D eigenvalue weighted by molar-refractivity contribution is 14.1. The van der Waals surface area contributed by atoms with Gasteiger partial charge >= 0.3 is 0 Å². The molecule has 0 saturated carbocycles. The molecular formula is C9H10IN3. The molecule has 68 valence electrons. The lowest BCUT2D eigenvalue weighted by molar-refractivity contribution is 0.760. The molecule has 0 aliphatic rings. The molecule has 1 heterocycles. The second-order valence-corrected chi connectivity index (χ2v) is 4.32. The van der Waals surface area contributed by atoms with E-state index in [1.165, 1.54) is 3.57 Å². The number of rotatable bonds is 1. The van der Waals surface area contributed by atoms with Crippen molar-refractivity contribution < 1.29 is 0 Å². The number of fused-ring (bicyclic) bond motifs is 1. The quantitative estimate of drug-likeness (QED) is 0.790. The number of nitrogens with two attached hydrogens (primary N) is 1. The molecule has 3 N–H and O–H groups in total. The third-order valence-corrected chi connectivity index (χ3v) is 2.56. The summed E-state index contributed by atoms with van der Waals surface area (Å²) in [7, 11) is 0. The van der Waals surface area contributed by atoms with Crippen molar-refractivity contribution in [1.29, 1.82) is 0 Å². The number of imidazole rings is 1. The normalized spacial score (nSPS) is 13.5. The van der Waals surface area contributed by atoms with E-state index in [4.69, 9.17) is 5.73 Å². The lowest BCUT2D eigenvalue weighted by Gasteiger charge is -1.96. The maximum Gasteiger partial charge on any atom is 0.123 e. The SMILES string of the molecule is C[C@@H](N)c1nc2ccc(I)cc2[nH]1. The van der Waals surface area contributed by atoms with Crippen LogP contribution in [0.3, 0.4) is 0 Å². The summed E-state index contributed by atoms with van der Waals surface area (Å²) >= 11 is 2.28. The first kappa shape index (κ1) is 8.96. The van der Waals surface area contributed by atoms with Crippen LogP contribution < -0.4 is 5.73 Å². The van der Waals surface area contributed by atoms with Crippen molar-refractivity contribution in [3.63, 3.8) is 0 Å². The minimum absolute atomic E-state index is 0.0370. The molecule has 1 atom stereocenters. The van der Waals surface area contributed by atoms with Gasteiger partial charge in [-0.1, -0.05) is 0 Å². The lowest BCUT2D eigenvalue weighted by Crippen LogP contribution is -2.06. The number of hydrogen-bond acceptors (Lipinski definition) is 2. The highest BCUT2D eigenvalue weighted by atomic mass is 127. The third kappa shape index (κ3) is 1.68. The fourth-order valence-corrected chi connectivity index (χ4v) is 1.71. The van der Waals surface area contributed by atoms with Gasteiger partial charge in [0.25, 0.3) is 0 Å². The van der Waals surface area contributed by atoms with Crippen LogP contribution in [-0.4, -0.2) is 9.97 Å². The van der Waals surface area contributed by atoms with E-state index in [2.05, 4.69) is 38.6 Å². The Balaban J connectivity index is 2.62. The van der Waals surface area contributed by atoms with Crippen LogP contribution in [0.1, 0.15) is 18.8 Å². The van der Waals surface area contributed by atoms with E-state index in [1.807, 2.05) is 19.1 Å². The summed E-state index contributed by atoms with van der Waals surface area (Å²) in [6.45, 7) is 1.92. The Morgan fingerprint density at radius 1 is 1.54 bits per heavy atom. The molecule has 2 aromatic rings. The number of aromatic amines is 1. The van der Waals surface area contributed by atoms with Crippen molar-refractivity contribution in [3.8, 4) is 0 Å². The molecule has 0 radical (unpaired) electrons. The molecule has 13 heavy (non-hydrogen) atoms. The first-order valence-corrected chi connectivity index (χ1v) is 5.15. The van der Waals surface area contributed by atoms with E-state index in [1.54, 1.807) is 0 Å². The van der Waals surface area contributed by atoms with Crippen molar-refractivity contribution in [2.24, 2.45) is 5.73 Å². The van der Waals surface area contributed by atoms with Crippen molar-refractivity contribution in [2.45, 2.75) is 13.0 Å². The van der Waals surface area contributed by atoms with Crippen LogP contribution in [0.25, 0.3) is 11.0 Å². The average molecular weight is 287 g/mol. The molecule has 0 aliphatic carbocycles. The fourth-order valence-electron chi connectivity index (χ4n) is 1.22. The summed E-state index contributed by atoms with van der Waals surface area (Å²) < 4.78 is 1.20. The Bertz CT molecular complexity index is 433. The van der Waals surface area contributed by atoms with Gasteiger partial charge < -0.3 is 10.7 Å². The number of halogens is 1. The second kappa shape index (κ2) is 3.26. The standard InChI is InChI=1S/C9H10IN3/c1-5(11)9-12-7-3-2-6(10)4-8(7)13-9/h2-5H,11H2,1H3,(H,12,13)/t5-/m1/s1. The summed E-state index contributed by atoms with van der Waals surface area (Å²) in [6, 6.07) is 6.06. The van der Waals surface area contributed by atoms with E-state index < -0.39 is 0 Å². The summed E-state index contributed by atoms with van der Waals surface area (Å²) in [5.41, 5.74) is 7.75. The first-order chi connectivity index (χ1) is 6.16. The number of hydrogen-bond donors (Lipinski definition) is 2. The van der Waals surface area contributed by atoms with E-state index >= 15 is 0 Å². The number of nitrogens with zero attached hydrogens (tertiary/aromatic N) is 1. The van der Waals surface area contributed by atoms with Crippen molar-refractivity contribution in [1.82, 2.24) is 9.97 Å². The molecule has 1 aromatic heterocycles. The van der Waals surface area contributed by atoms with Gasteiger partial charge in [-0.05, 0) is 47.7 Å². The minimum Gasteiger partial charge on any atom is -0.341 e. The number of benzene rings is 1. The topological polar surface area (TPSA) is 54.7 Å². The molecule has 0 aliphatic heterocycles. The van der Waals surface area contributed by atoms with Crippen LogP contribution in [0, 0.1) is 3.57 Å². The number of H-pyrrole nitrogens is 1. The lowest BCUT2D eigenvalue weighted by atomic mass is 10.3. The van der Waals surface area contributed by atoms with Crippen LogP contribution in [-0.2, 0) is 0 Å². The zero-order chi connectivity index (χ0) is 9.42. The first-order valence-electron chi connectivity index (χ1n) is 4.07. The highest BCUT2D eigenvalue weighted by Gasteiger charge is 2.05. The van der Waals surface area contributed by atoms with Crippen LogP contribution in [0.2, 0.25) is 0 Å². The van der Waals surface area contributed by atoms with Crippen molar-refractivity contribution in [3.05, 3.63) is 27.6 Å². The molecule has 3 nitrogen and oxygen atoms in total. The van der Waals surface area contributed by atoms with Gasteiger partial charge in [0.15, 0.2) is 0 Å². The van der Waals surface area contributed by atoms with Gasteiger partial charge in [-0.15, -0.1) is 0 Å². The van der Waals surface area contributed by atoms with E-state index in [0.717, 1.165) is 16.9 Å². The van der Waals surface area contributed by atoms with Gasteiger partial charge in [0.1, 0.15) is 5.82 Å². The molecule has 0 amide bonds. The van der Waals surface area contributed by atoms with Gasteiger partial charge in [0.2, 0.25) is 0 Å². The van der Waals surface area contributed by atoms with Crippen molar-refractivity contribution in [2.75, 3.05) is 0 Å². The maximum atomic E-state index is 5.72. The fraction of sp³-hybridized carbons (Fsp3) is 0.222. The predicted molar refractivity (Wildman–Crippen MR) is 61.4 cm³/mol. The highest BCUT2D eigenvalue weighted by Crippen LogP contribution is 2.17. The summed E-state index contributed by atoms with van der Waals surface area (Å²) in [5, 5.41) is 0. The van der Waals surface area contributed by atoms with Gasteiger partial charge in [0.05, 0.1) is 17.1 Å². The monoisotopic (exact) mass is 287 g/mol. The van der Waals surface area contributed by atoms with Gasteiger partial charge in [-0.3, -0.25) is 0 Å². The van der Waals surface area contributed by atoms with Crippen LogP contribution in [0.4, 0.5) is 0 Å². The van der Waals surface area contributed by atoms with Crippen LogP contribution in [0.5, 0.6) is 0 Å². The third-order valence-electron chi connectivity index (χ3n) is 1.89. The molecule has 0 unspecified atom stereocenters. The predicted octanol–water partition coefficient (Wildman–Crippen LogP) is 2.19. The van der Waals surface area contributed by atoms with E-state index in [9.17, 15) is 0 Å². The molecule has 1 aromatic carbocycles. The molecular weight excluding hydrogens is 277 g/mol. The van der Waals surface area contributed by atoms with Gasteiger partial charge in [-0.25, -0.2) is 4.98 Å².